The molecule has 192 valence electrons. The molecule has 0 nitrogen and oxygen atoms in total. The maximum Gasteiger partial charge on any atom is 0.0633 e. The lowest BCUT2D eigenvalue weighted by molar-refractivity contribution is 0.331. The van der Waals surface area contributed by atoms with Gasteiger partial charge >= 0.3 is 0 Å². The van der Waals surface area contributed by atoms with Crippen molar-refractivity contribution in [2.75, 3.05) is 0 Å². The molecule has 0 heteroatoms. The third kappa shape index (κ3) is 3.45. The Hall–Kier alpha value is -3.86. The van der Waals surface area contributed by atoms with Gasteiger partial charge < -0.3 is 0 Å². The molecule has 3 aliphatic rings. The average molecular weight is 505 g/mol. The molecule has 7 rings (SSSR count). The van der Waals surface area contributed by atoms with E-state index >= 15 is 0 Å². The first-order valence-corrected chi connectivity index (χ1v) is 14.4. The highest BCUT2D eigenvalue weighted by Crippen LogP contribution is 2.61. The first kappa shape index (κ1) is 24.2. The molecule has 0 saturated heterocycles. The Morgan fingerprint density at radius 1 is 0.641 bits per heavy atom. The quantitative estimate of drug-likeness (QED) is 0.243. The summed E-state index contributed by atoms with van der Waals surface area (Å²) in [5.74, 6) is 0.123. The number of rotatable bonds is 4. The van der Waals surface area contributed by atoms with Gasteiger partial charge in [-0.2, -0.15) is 0 Å². The number of hydrogen-bond acceptors (Lipinski definition) is 0. The van der Waals surface area contributed by atoms with Crippen LogP contribution in [0.25, 0.3) is 11.1 Å². The second kappa shape index (κ2) is 8.57. The summed E-state index contributed by atoms with van der Waals surface area (Å²) in [4.78, 5) is 0. The van der Waals surface area contributed by atoms with Crippen LogP contribution in [0.3, 0.4) is 0 Å². The summed E-state index contributed by atoms with van der Waals surface area (Å²) in [5.41, 5.74) is 16.1. The van der Waals surface area contributed by atoms with Gasteiger partial charge in [-0.05, 0) is 80.3 Å². The van der Waals surface area contributed by atoms with Crippen LogP contribution < -0.4 is 0 Å². The van der Waals surface area contributed by atoms with Gasteiger partial charge in [0.15, 0.2) is 0 Å². The Morgan fingerprint density at radius 2 is 1.21 bits per heavy atom. The zero-order chi connectivity index (χ0) is 26.8. The lowest BCUT2D eigenvalue weighted by Gasteiger charge is -2.44. The fourth-order valence-electron chi connectivity index (χ4n) is 7.67. The van der Waals surface area contributed by atoms with Crippen LogP contribution in [0, 0.1) is 0 Å². The SMILES string of the molecule is CC1(C)CCC(C)(C)c2cc3c(cc21)-c1ccccc1C3C(C1=C=CC=C1)(c1ccccc1)c1ccccc1. The smallest absolute Gasteiger partial charge is 0.0633 e. The van der Waals surface area contributed by atoms with Crippen LogP contribution in [0.5, 0.6) is 0 Å². The van der Waals surface area contributed by atoms with Crippen molar-refractivity contribution in [1.82, 2.24) is 0 Å². The van der Waals surface area contributed by atoms with Gasteiger partial charge in [-0.25, -0.2) is 0 Å². The molecular formula is C39H36. The fraction of sp³-hybridized carbons (Fsp3) is 0.256. The van der Waals surface area contributed by atoms with Crippen molar-refractivity contribution in [3.63, 3.8) is 0 Å². The highest BCUT2D eigenvalue weighted by atomic mass is 14.5. The van der Waals surface area contributed by atoms with E-state index in [0.717, 1.165) is 0 Å². The molecule has 39 heavy (non-hydrogen) atoms. The molecular weight excluding hydrogens is 468 g/mol. The summed E-state index contributed by atoms with van der Waals surface area (Å²) < 4.78 is 0. The number of fused-ring (bicyclic) bond motifs is 4. The topological polar surface area (TPSA) is 0 Å². The minimum Gasteiger partial charge on any atom is -0.116 e. The van der Waals surface area contributed by atoms with Gasteiger partial charge in [-0.1, -0.05) is 131 Å². The normalized spacial score (nSPS) is 19.8. The van der Waals surface area contributed by atoms with Crippen molar-refractivity contribution >= 4 is 0 Å². The highest BCUT2D eigenvalue weighted by molar-refractivity contribution is 5.83. The van der Waals surface area contributed by atoms with Gasteiger partial charge in [-0.3, -0.25) is 0 Å². The Balaban J connectivity index is 1.63. The van der Waals surface area contributed by atoms with Gasteiger partial charge in [-0.15, -0.1) is 5.73 Å². The van der Waals surface area contributed by atoms with Crippen LogP contribution in [0.1, 0.15) is 79.8 Å². The molecule has 0 aliphatic heterocycles. The molecule has 0 spiro atoms. The average Bonchev–Trinajstić information content (AvgIpc) is 3.61. The van der Waals surface area contributed by atoms with Crippen molar-refractivity contribution in [3.05, 3.63) is 160 Å². The first-order chi connectivity index (χ1) is 18.8. The summed E-state index contributed by atoms with van der Waals surface area (Å²) >= 11 is 0. The van der Waals surface area contributed by atoms with Crippen molar-refractivity contribution in [2.24, 2.45) is 0 Å². The zero-order valence-electron chi connectivity index (χ0n) is 23.5. The van der Waals surface area contributed by atoms with Crippen LogP contribution in [-0.2, 0) is 16.2 Å². The zero-order valence-corrected chi connectivity index (χ0v) is 23.5. The summed E-state index contributed by atoms with van der Waals surface area (Å²) in [6.07, 6.45) is 8.94. The van der Waals surface area contributed by atoms with E-state index in [1.807, 2.05) is 0 Å². The van der Waals surface area contributed by atoms with E-state index in [1.165, 1.54) is 62.9 Å². The minimum absolute atomic E-state index is 0.123. The standard InChI is InChI=1S/C39H36/c1-37(2)23-24-38(3,4)35-26-33-32(25-34(35)37)30-21-13-14-22-31(30)36(33)39(29-19-11-12-20-29,27-15-7-5-8-16-27)28-17-9-6-10-18-28/h5-19,21-22,25-26,36H,23-24H2,1-4H3. The molecule has 3 aliphatic carbocycles. The van der Waals surface area contributed by atoms with E-state index in [-0.39, 0.29) is 16.7 Å². The van der Waals surface area contributed by atoms with Crippen molar-refractivity contribution < 1.29 is 0 Å². The monoisotopic (exact) mass is 504 g/mol. The van der Waals surface area contributed by atoms with Crippen molar-refractivity contribution in [1.29, 1.82) is 0 Å². The van der Waals surface area contributed by atoms with E-state index in [2.05, 4.69) is 149 Å². The third-order valence-electron chi connectivity index (χ3n) is 9.81. The van der Waals surface area contributed by atoms with E-state index in [4.69, 9.17) is 0 Å². The summed E-state index contributed by atoms with van der Waals surface area (Å²) in [6.45, 7) is 9.75. The second-order valence-electron chi connectivity index (χ2n) is 12.9. The maximum atomic E-state index is 3.71. The second-order valence-corrected chi connectivity index (χ2v) is 12.9. The summed E-state index contributed by atoms with van der Waals surface area (Å²) in [7, 11) is 0. The Kier molecular flexibility index (Phi) is 5.32. The molecule has 4 aromatic carbocycles. The van der Waals surface area contributed by atoms with Gasteiger partial charge in [0.1, 0.15) is 0 Å². The molecule has 0 bridgehead atoms. The molecule has 0 saturated carbocycles. The predicted octanol–water partition coefficient (Wildman–Crippen LogP) is 9.79. The van der Waals surface area contributed by atoms with Gasteiger partial charge in [0.25, 0.3) is 0 Å². The van der Waals surface area contributed by atoms with Crippen LogP contribution >= 0.6 is 0 Å². The molecule has 0 amide bonds. The summed E-state index contributed by atoms with van der Waals surface area (Å²) in [6, 6.07) is 36.6. The van der Waals surface area contributed by atoms with Gasteiger partial charge in [0.05, 0.1) is 5.41 Å². The number of benzene rings is 4. The third-order valence-corrected chi connectivity index (χ3v) is 9.81. The predicted molar refractivity (Wildman–Crippen MR) is 163 cm³/mol. The van der Waals surface area contributed by atoms with Crippen LogP contribution in [0.15, 0.2) is 127 Å². The molecule has 4 aromatic rings. The first-order valence-electron chi connectivity index (χ1n) is 14.4. The van der Waals surface area contributed by atoms with E-state index in [0.29, 0.717) is 0 Å². The Labute approximate surface area is 233 Å². The molecule has 1 unspecified atom stereocenters. The lowest BCUT2D eigenvalue weighted by atomic mass is 9.58. The van der Waals surface area contributed by atoms with E-state index < -0.39 is 5.41 Å². The number of allylic oxidation sites excluding steroid dienone is 3. The minimum atomic E-state index is -0.421. The molecule has 0 heterocycles. The molecule has 0 radical (unpaired) electrons. The Morgan fingerprint density at radius 3 is 1.79 bits per heavy atom. The van der Waals surface area contributed by atoms with Crippen LogP contribution in [0.2, 0.25) is 0 Å². The van der Waals surface area contributed by atoms with E-state index in [9.17, 15) is 0 Å². The molecule has 0 N–H and O–H groups in total. The highest BCUT2D eigenvalue weighted by Gasteiger charge is 2.51. The summed E-state index contributed by atoms with van der Waals surface area (Å²) in [5, 5.41) is 0. The van der Waals surface area contributed by atoms with E-state index in [1.54, 1.807) is 0 Å². The van der Waals surface area contributed by atoms with Gasteiger partial charge in [0.2, 0.25) is 0 Å². The molecule has 0 fully saturated rings. The molecule has 0 aromatic heterocycles. The van der Waals surface area contributed by atoms with Crippen LogP contribution in [-0.4, -0.2) is 0 Å². The van der Waals surface area contributed by atoms with Gasteiger partial charge in [0, 0.05) is 11.5 Å². The van der Waals surface area contributed by atoms with Crippen molar-refractivity contribution in [2.45, 2.75) is 62.7 Å². The number of hydrogen-bond donors (Lipinski definition) is 0. The van der Waals surface area contributed by atoms with Crippen molar-refractivity contribution in [3.8, 4) is 11.1 Å². The fourth-order valence-corrected chi connectivity index (χ4v) is 7.67. The largest absolute Gasteiger partial charge is 0.116 e. The molecule has 1 atom stereocenters. The van der Waals surface area contributed by atoms with Crippen LogP contribution in [0.4, 0.5) is 0 Å². The maximum absolute atomic E-state index is 3.71. The lowest BCUT2D eigenvalue weighted by Crippen LogP contribution is -2.37. The Bertz CT molecular complexity index is 1630.